The molecule has 1 fully saturated rings. The van der Waals surface area contributed by atoms with Crippen LogP contribution in [0.3, 0.4) is 0 Å². The molecule has 1 aromatic carbocycles. The van der Waals surface area contributed by atoms with Crippen LogP contribution in [0.4, 0.5) is 4.39 Å². The molecule has 1 unspecified atom stereocenters. The fourth-order valence-electron chi connectivity index (χ4n) is 2.52. The fraction of sp³-hybridized carbons (Fsp3) is 0.571. The van der Waals surface area contributed by atoms with Crippen molar-refractivity contribution in [1.29, 1.82) is 0 Å². The summed E-state index contributed by atoms with van der Waals surface area (Å²) in [5.74, 6) is 0.0180. The van der Waals surface area contributed by atoms with Crippen LogP contribution in [0, 0.1) is 18.7 Å². The fourth-order valence-corrected chi connectivity index (χ4v) is 3.82. The van der Waals surface area contributed by atoms with Crippen molar-refractivity contribution >= 4 is 10.0 Å². The van der Waals surface area contributed by atoms with Gasteiger partial charge in [-0.15, -0.1) is 0 Å². The summed E-state index contributed by atoms with van der Waals surface area (Å²) in [6.45, 7) is 3.87. The smallest absolute Gasteiger partial charge is 0.240 e. The lowest BCUT2D eigenvalue weighted by Gasteiger charge is -2.22. The van der Waals surface area contributed by atoms with Gasteiger partial charge >= 0.3 is 0 Å². The van der Waals surface area contributed by atoms with Crippen molar-refractivity contribution in [3.63, 3.8) is 0 Å². The van der Waals surface area contributed by atoms with Gasteiger partial charge in [-0.1, -0.05) is 6.07 Å². The quantitative estimate of drug-likeness (QED) is 0.872. The Morgan fingerprint density at radius 3 is 2.95 bits per heavy atom. The predicted molar refractivity (Wildman–Crippen MR) is 76.5 cm³/mol. The van der Waals surface area contributed by atoms with Gasteiger partial charge in [-0.05, 0) is 57.3 Å². The number of sulfonamides is 1. The Kier molecular flexibility index (Phi) is 5.12. The summed E-state index contributed by atoms with van der Waals surface area (Å²) in [5.41, 5.74) is 0.166. The van der Waals surface area contributed by atoms with Crippen LogP contribution in [0.5, 0.6) is 0 Å². The highest BCUT2D eigenvalue weighted by atomic mass is 32.2. The number of piperidine rings is 1. The lowest BCUT2D eigenvalue weighted by atomic mass is 9.96. The first-order valence-corrected chi connectivity index (χ1v) is 8.44. The van der Waals surface area contributed by atoms with Gasteiger partial charge in [0.15, 0.2) is 0 Å². The highest BCUT2D eigenvalue weighted by Gasteiger charge is 2.19. The second-order valence-electron chi connectivity index (χ2n) is 5.26. The molecular weight excluding hydrogens is 279 g/mol. The van der Waals surface area contributed by atoms with Crippen molar-refractivity contribution in [3.8, 4) is 0 Å². The molecule has 4 nitrogen and oxygen atoms in total. The van der Waals surface area contributed by atoms with Gasteiger partial charge in [-0.25, -0.2) is 17.5 Å². The van der Waals surface area contributed by atoms with E-state index in [1.54, 1.807) is 0 Å². The Bertz CT molecular complexity index is 554. The molecule has 1 aliphatic rings. The molecule has 1 aromatic rings. The first kappa shape index (κ1) is 15.4. The van der Waals surface area contributed by atoms with Crippen LogP contribution < -0.4 is 10.0 Å². The highest BCUT2D eigenvalue weighted by molar-refractivity contribution is 7.89. The molecule has 6 heteroatoms. The third-order valence-electron chi connectivity index (χ3n) is 3.75. The maximum Gasteiger partial charge on any atom is 0.240 e. The van der Waals surface area contributed by atoms with Gasteiger partial charge in [0.05, 0.1) is 4.90 Å². The Balaban J connectivity index is 1.95. The lowest BCUT2D eigenvalue weighted by Crippen LogP contribution is -2.33. The highest BCUT2D eigenvalue weighted by Crippen LogP contribution is 2.18. The average molecular weight is 300 g/mol. The summed E-state index contributed by atoms with van der Waals surface area (Å²) >= 11 is 0. The Morgan fingerprint density at radius 2 is 2.25 bits per heavy atom. The van der Waals surface area contributed by atoms with Crippen LogP contribution in [-0.4, -0.2) is 28.1 Å². The zero-order valence-electron chi connectivity index (χ0n) is 11.7. The number of benzene rings is 1. The Morgan fingerprint density at radius 1 is 1.45 bits per heavy atom. The topological polar surface area (TPSA) is 58.2 Å². The number of nitrogens with one attached hydrogen (secondary N) is 2. The van der Waals surface area contributed by atoms with Gasteiger partial charge in [0.25, 0.3) is 0 Å². The molecule has 2 rings (SSSR count). The van der Waals surface area contributed by atoms with Gasteiger partial charge in [0.1, 0.15) is 5.82 Å². The maximum absolute atomic E-state index is 13.4. The van der Waals surface area contributed by atoms with Crippen molar-refractivity contribution in [3.05, 3.63) is 29.6 Å². The van der Waals surface area contributed by atoms with Gasteiger partial charge in [-0.3, -0.25) is 0 Å². The van der Waals surface area contributed by atoms with E-state index in [2.05, 4.69) is 10.0 Å². The maximum atomic E-state index is 13.4. The van der Waals surface area contributed by atoms with Gasteiger partial charge < -0.3 is 5.32 Å². The largest absolute Gasteiger partial charge is 0.316 e. The second-order valence-corrected chi connectivity index (χ2v) is 7.00. The molecule has 0 aliphatic carbocycles. The first-order chi connectivity index (χ1) is 9.50. The van der Waals surface area contributed by atoms with Gasteiger partial charge in [0, 0.05) is 12.1 Å². The minimum absolute atomic E-state index is 0.0271. The van der Waals surface area contributed by atoms with E-state index in [-0.39, 0.29) is 10.5 Å². The minimum Gasteiger partial charge on any atom is -0.316 e. The van der Waals surface area contributed by atoms with Crippen LogP contribution in [0.25, 0.3) is 0 Å². The summed E-state index contributed by atoms with van der Waals surface area (Å²) in [4.78, 5) is 0.0271. The van der Waals surface area contributed by atoms with Crippen molar-refractivity contribution in [2.75, 3.05) is 19.6 Å². The molecule has 1 aliphatic heterocycles. The van der Waals surface area contributed by atoms with Crippen LogP contribution >= 0.6 is 0 Å². The monoisotopic (exact) mass is 300 g/mol. The minimum atomic E-state index is -3.62. The molecule has 2 N–H and O–H groups in total. The van der Waals surface area contributed by atoms with Gasteiger partial charge in [-0.2, -0.15) is 0 Å². The third kappa shape index (κ3) is 3.77. The normalized spacial score (nSPS) is 20.0. The van der Waals surface area contributed by atoms with E-state index in [1.165, 1.54) is 25.1 Å². The molecule has 112 valence electrons. The van der Waals surface area contributed by atoms with Crippen molar-refractivity contribution in [2.45, 2.75) is 31.1 Å². The van der Waals surface area contributed by atoms with E-state index >= 15 is 0 Å². The molecule has 1 saturated heterocycles. The SMILES string of the molecule is Cc1c(F)cccc1S(=O)(=O)NCCC1CCCNC1. The molecule has 1 heterocycles. The van der Waals surface area contributed by atoms with E-state index in [1.807, 2.05) is 0 Å². The van der Waals surface area contributed by atoms with E-state index in [0.717, 1.165) is 32.4 Å². The number of rotatable bonds is 5. The standard InChI is InChI=1S/C14H21FN2O2S/c1-11-13(15)5-2-6-14(11)20(18,19)17-9-7-12-4-3-8-16-10-12/h2,5-6,12,16-17H,3-4,7-10H2,1H3. The van der Waals surface area contributed by atoms with Crippen LogP contribution in [0.15, 0.2) is 23.1 Å². The summed E-state index contributed by atoms with van der Waals surface area (Å²) in [6.07, 6.45) is 3.08. The van der Waals surface area contributed by atoms with Crippen molar-refractivity contribution in [1.82, 2.24) is 10.0 Å². The molecular formula is C14H21FN2O2S. The Labute approximate surface area is 119 Å². The van der Waals surface area contributed by atoms with Crippen LogP contribution in [-0.2, 0) is 10.0 Å². The van der Waals surface area contributed by atoms with Crippen LogP contribution in [0.2, 0.25) is 0 Å². The summed E-state index contributed by atoms with van der Waals surface area (Å²) in [7, 11) is -3.62. The van der Waals surface area contributed by atoms with Crippen molar-refractivity contribution in [2.24, 2.45) is 5.92 Å². The molecule has 1 atom stereocenters. The Hall–Kier alpha value is -0.980. The molecule has 0 aromatic heterocycles. The molecule has 20 heavy (non-hydrogen) atoms. The van der Waals surface area contributed by atoms with Crippen LogP contribution in [0.1, 0.15) is 24.8 Å². The van der Waals surface area contributed by atoms with E-state index in [0.29, 0.717) is 12.5 Å². The molecule has 0 amide bonds. The summed E-state index contributed by atoms with van der Waals surface area (Å²) < 4.78 is 40.3. The van der Waals surface area contributed by atoms with Crippen molar-refractivity contribution < 1.29 is 12.8 Å². The molecule has 0 spiro atoms. The van der Waals surface area contributed by atoms with E-state index in [9.17, 15) is 12.8 Å². The van der Waals surface area contributed by atoms with E-state index < -0.39 is 15.8 Å². The predicted octanol–water partition coefficient (Wildman–Crippen LogP) is 1.80. The third-order valence-corrected chi connectivity index (χ3v) is 5.36. The second kappa shape index (κ2) is 6.65. The number of halogens is 1. The van der Waals surface area contributed by atoms with Gasteiger partial charge in [0.2, 0.25) is 10.0 Å². The van der Waals surface area contributed by atoms with E-state index in [4.69, 9.17) is 0 Å². The molecule has 0 radical (unpaired) electrons. The molecule has 0 saturated carbocycles. The summed E-state index contributed by atoms with van der Waals surface area (Å²) in [6, 6.07) is 4.12. The lowest BCUT2D eigenvalue weighted by molar-refractivity contribution is 0.358. The summed E-state index contributed by atoms with van der Waals surface area (Å²) in [5, 5.41) is 3.30. The number of hydrogen-bond acceptors (Lipinski definition) is 3. The zero-order chi connectivity index (χ0) is 14.6. The zero-order valence-corrected chi connectivity index (χ0v) is 12.5. The molecule has 0 bridgehead atoms. The number of hydrogen-bond donors (Lipinski definition) is 2. The average Bonchev–Trinajstić information content (AvgIpc) is 2.42. The first-order valence-electron chi connectivity index (χ1n) is 6.96.